The summed E-state index contributed by atoms with van der Waals surface area (Å²) in [4.78, 5) is 18.7. The summed E-state index contributed by atoms with van der Waals surface area (Å²) in [6, 6.07) is 10.0. The van der Waals surface area contributed by atoms with E-state index >= 15 is 0 Å². The molecule has 1 aromatic heterocycles. The van der Waals surface area contributed by atoms with Gasteiger partial charge in [0.05, 0.1) is 5.02 Å². The average molecular weight is 423 g/mol. The van der Waals surface area contributed by atoms with Crippen LogP contribution < -0.4 is 14.9 Å². The molecule has 0 unspecified atom stereocenters. The van der Waals surface area contributed by atoms with Crippen molar-refractivity contribution in [3.8, 4) is 0 Å². The summed E-state index contributed by atoms with van der Waals surface area (Å²) in [5.41, 5.74) is 0.960. The van der Waals surface area contributed by atoms with Crippen LogP contribution >= 0.6 is 11.6 Å². The molecular weight excluding hydrogens is 400 g/mol. The van der Waals surface area contributed by atoms with Gasteiger partial charge in [0.2, 0.25) is 15.9 Å². The number of benzene rings is 1. The predicted octanol–water partition coefficient (Wildman–Crippen LogP) is 2.32. The van der Waals surface area contributed by atoms with Gasteiger partial charge in [0.25, 0.3) is 0 Å². The number of anilines is 1. The van der Waals surface area contributed by atoms with E-state index in [-0.39, 0.29) is 28.8 Å². The molecule has 150 valence electrons. The van der Waals surface area contributed by atoms with Gasteiger partial charge in [-0.15, -0.1) is 0 Å². The van der Waals surface area contributed by atoms with Crippen molar-refractivity contribution in [2.75, 3.05) is 24.5 Å². The van der Waals surface area contributed by atoms with Gasteiger partial charge in [-0.05, 0) is 42.7 Å². The van der Waals surface area contributed by atoms with E-state index in [0.29, 0.717) is 6.54 Å². The second-order valence-corrected chi connectivity index (χ2v) is 8.71. The molecule has 0 atom stereocenters. The lowest BCUT2D eigenvalue weighted by atomic mass is 10.2. The summed E-state index contributed by atoms with van der Waals surface area (Å²) >= 11 is 5.92. The maximum atomic E-state index is 12.2. The quantitative estimate of drug-likeness (QED) is 0.681. The molecule has 1 saturated heterocycles. The molecule has 9 heteroatoms. The SMILES string of the molecule is O=C(CCNS(=O)(=O)c1ccccc1Cl)NCc1ccnc(N2CCCC2)c1. The van der Waals surface area contributed by atoms with Crippen molar-refractivity contribution in [1.29, 1.82) is 0 Å². The smallest absolute Gasteiger partial charge is 0.242 e. The van der Waals surface area contributed by atoms with Crippen LogP contribution in [0.25, 0.3) is 0 Å². The fourth-order valence-electron chi connectivity index (χ4n) is 3.02. The van der Waals surface area contributed by atoms with Crippen LogP contribution in [0.15, 0.2) is 47.5 Å². The third kappa shape index (κ3) is 5.43. The zero-order valence-electron chi connectivity index (χ0n) is 15.4. The lowest BCUT2D eigenvalue weighted by Gasteiger charge is -2.17. The Morgan fingerprint density at radius 1 is 1.18 bits per heavy atom. The molecule has 3 rings (SSSR count). The molecule has 2 aromatic rings. The highest BCUT2D eigenvalue weighted by atomic mass is 35.5. The predicted molar refractivity (Wildman–Crippen MR) is 109 cm³/mol. The lowest BCUT2D eigenvalue weighted by molar-refractivity contribution is -0.121. The Morgan fingerprint density at radius 3 is 2.68 bits per heavy atom. The molecule has 0 bridgehead atoms. The molecule has 1 fully saturated rings. The number of halogens is 1. The van der Waals surface area contributed by atoms with Gasteiger partial charge in [-0.2, -0.15) is 0 Å². The van der Waals surface area contributed by atoms with Crippen molar-refractivity contribution in [3.05, 3.63) is 53.2 Å². The van der Waals surface area contributed by atoms with Crippen LogP contribution in [0.2, 0.25) is 5.02 Å². The second-order valence-electron chi connectivity index (χ2n) is 6.57. The van der Waals surface area contributed by atoms with Crippen LogP contribution in [0, 0.1) is 0 Å². The Kier molecular flexibility index (Phi) is 6.88. The molecule has 1 aromatic carbocycles. The molecule has 1 aliphatic rings. The first kappa shape index (κ1) is 20.6. The summed E-state index contributed by atoms with van der Waals surface area (Å²) < 4.78 is 26.9. The number of nitrogens with one attached hydrogen (secondary N) is 2. The van der Waals surface area contributed by atoms with Crippen LogP contribution in [-0.4, -0.2) is 38.9 Å². The van der Waals surface area contributed by atoms with Crippen molar-refractivity contribution in [3.63, 3.8) is 0 Å². The molecule has 0 spiro atoms. The molecular formula is C19H23ClN4O3S. The standard InChI is InChI=1S/C19H23ClN4O3S/c20-16-5-1-2-6-17(16)28(26,27)23-10-8-19(25)22-14-15-7-9-21-18(13-15)24-11-3-4-12-24/h1-2,5-7,9,13,23H,3-4,8,10-12,14H2,(H,22,25). The lowest BCUT2D eigenvalue weighted by Crippen LogP contribution is -2.30. The number of sulfonamides is 1. The van der Waals surface area contributed by atoms with E-state index in [1.165, 1.54) is 25.0 Å². The van der Waals surface area contributed by atoms with E-state index in [9.17, 15) is 13.2 Å². The highest BCUT2D eigenvalue weighted by Crippen LogP contribution is 2.20. The van der Waals surface area contributed by atoms with Gasteiger partial charge in [0.15, 0.2) is 0 Å². The zero-order chi connectivity index (χ0) is 20.0. The van der Waals surface area contributed by atoms with E-state index in [1.54, 1.807) is 18.3 Å². The van der Waals surface area contributed by atoms with Crippen LogP contribution in [-0.2, 0) is 21.4 Å². The Balaban J connectivity index is 1.46. The van der Waals surface area contributed by atoms with E-state index < -0.39 is 10.0 Å². The number of aromatic nitrogens is 1. The molecule has 2 N–H and O–H groups in total. The summed E-state index contributed by atoms with van der Waals surface area (Å²) in [6.07, 6.45) is 4.13. The Morgan fingerprint density at radius 2 is 1.93 bits per heavy atom. The number of carbonyl (C=O) groups excluding carboxylic acids is 1. The van der Waals surface area contributed by atoms with Crippen molar-refractivity contribution >= 4 is 33.3 Å². The van der Waals surface area contributed by atoms with Crippen LogP contribution in [0.1, 0.15) is 24.8 Å². The van der Waals surface area contributed by atoms with E-state index in [0.717, 1.165) is 24.5 Å². The highest BCUT2D eigenvalue weighted by molar-refractivity contribution is 7.89. The number of carbonyl (C=O) groups is 1. The Labute approximate surface area is 170 Å². The van der Waals surface area contributed by atoms with Gasteiger partial charge in [0.1, 0.15) is 10.7 Å². The molecule has 1 aliphatic heterocycles. The molecule has 2 heterocycles. The first-order valence-corrected chi connectivity index (χ1v) is 11.0. The van der Waals surface area contributed by atoms with Crippen LogP contribution in [0.4, 0.5) is 5.82 Å². The van der Waals surface area contributed by atoms with Crippen molar-refractivity contribution < 1.29 is 13.2 Å². The summed E-state index contributed by atoms with van der Waals surface area (Å²) in [7, 11) is -3.74. The maximum absolute atomic E-state index is 12.2. The summed E-state index contributed by atoms with van der Waals surface area (Å²) in [6.45, 7) is 2.39. The fourth-order valence-corrected chi connectivity index (χ4v) is 4.57. The van der Waals surface area contributed by atoms with Gasteiger partial charge >= 0.3 is 0 Å². The molecule has 0 radical (unpaired) electrons. The minimum Gasteiger partial charge on any atom is -0.357 e. The number of hydrogen-bond acceptors (Lipinski definition) is 5. The monoisotopic (exact) mass is 422 g/mol. The number of amides is 1. The zero-order valence-corrected chi connectivity index (χ0v) is 17.0. The van der Waals surface area contributed by atoms with Crippen molar-refractivity contribution in [2.24, 2.45) is 0 Å². The number of rotatable bonds is 8. The van der Waals surface area contributed by atoms with E-state index in [4.69, 9.17) is 11.6 Å². The Hall–Kier alpha value is -2.16. The molecule has 0 saturated carbocycles. The fraction of sp³-hybridized carbons (Fsp3) is 0.368. The summed E-state index contributed by atoms with van der Waals surface area (Å²) in [5, 5.41) is 2.95. The first-order valence-electron chi connectivity index (χ1n) is 9.16. The van der Waals surface area contributed by atoms with Gasteiger partial charge < -0.3 is 10.2 Å². The molecule has 28 heavy (non-hydrogen) atoms. The largest absolute Gasteiger partial charge is 0.357 e. The molecule has 1 amide bonds. The minimum absolute atomic E-state index is 0.00306. The topological polar surface area (TPSA) is 91.4 Å². The Bertz CT molecular complexity index is 930. The number of nitrogens with zero attached hydrogens (tertiary/aromatic N) is 2. The maximum Gasteiger partial charge on any atom is 0.242 e. The summed E-state index contributed by atoms with van der Waals surface area (Å²) in [5.74, 6) is 0.693. The van der Waals surface area contributed by atoms with E-state index in [2.05, 4.69) is 19.9 Å². The van der Waals surface area contributed by atoms with Crippen LogP contribution in [0.5, 0.6) is 0 Å². The van der Waals surface area contributed by atoms with Crippen molar-refractivity contribution in [1.82, 2.24) is 15.0 Å². The first-order chi connectivity index (χ1) is 13.5. The number of hydrogen-bond donors (Lipinski definition) is 2. The van der Waals surface area contributed by atoms with Gasteiger partial charge in [-0.3, -0.25) is 4.79 Å². The molecule has 0 aliphatic carbocycles. The van der Waals surface area contributed by atoms with Gasteiger partial charge in [-0.1, -0.05) is 23.7 Å². The van der Waals surface area contributed by atoms with E-state index in [1.807, 2.05) is 12.1 Å². The minimum atomic E-state index is -3.74. The third-order valence-electron chi connectivity index (χ3n) is 4.50. The number of pyridine rings is 1. The van der Waals surface area contributed by atoms with Gasteiger partial charge in [0, 0.05) is 38.8 Å². The highest BCUT2D eigenvalue weighted by Gasteiger charge is 2.17. The van der Waals surface area contributed by atoms with Crippen molar-refractivity contribution in [2.45, 2.75) is 30.7 Å². The normalized spacial score (nSPS) is 14.2. The second kappa shape index (κ2) is 9.36. The molecule has 7 nitrogen and oxygen atoms in total. The van der Waals surface area contributed by atoms with Crippen LogP contribution in [0.3, 0.4) is 0 Å². The third-order valence-corrected chi connectivity index (χ3v) is 6.46. The average Bonchev–Trinajstić information content (AvgIpc) is 3.21. The van der Waals surface area contributed by atoms with Gasteiger partial charge in [-0.25, -0.2) is 18.1 Å².